The molecule has 0 aliphatic heterocycles. The quantitative estimate of drug-likeness (QED) is 0.754. The van der Waals surface area contributed by atoms with E-state index in [1.54, 1.807) is 0 Å². The Labute approximate surface area is 126 Å². The molecule has 21 heavy (non-hydrogen) atoms. The third kappa shape index (κ3) is 1.71. The Morgan fingerprint density at radius 1 is 1.33 bits per heavy atom. The number of carbonyl (C=O) groups is 2. The molecule has 3 fully saturated rings. The third-order valence-electron chi connectivity index (χ3n) is 6.38. The summed E-state index contributed by atoms with van der Waals surface area (Å²) in [4.78, 5) is 24.0. The van der Waals surface area contributed by atoms with Gasteiger partial charge < -0.3 is 9.84 Å². The first-order valence-corrected chi connectivity index (χ1v) is 7.95. The van der Waals surface area contributed by atoms with Gasteiger partial charge in [-0.3, -0.25) is 9.59 Å². The van der Waals surface area contributed by atoms with Crippen LogP contribution in [-0.2, 0) is 14.3 Å². The number of Topliss-reactive ketones (excluding diaryl/α,β-unsaturated/α-hetero) is 1. The van der Waals surface area contributed by atoms with Gasteiger partial charge in [0, 0.05) is 24.7 Å². The fourth-order valence-corrected chi connectivity index (χ4v) is 6.25. The number of ketones is 1. The lowest BCUT2D eigenvalue weighted by Gasteiger charge is -2.51. The first-order valence-electron chi connectivity index (χ1n) is 7.95. The minimum Gasteiger partial charge on any atom is -0.462 e. The van der Waals surface area contributed by atoms with Gasteiger partial charge in [-0.2, -0.15) is 0 Å². The zero-order valence-electron chi connectivity index (χ0n) is 13.6. The summed E-state index contributed by atoms with van der Waals surface area (Å²) in [5.41, 5.74) is -1.57. The molecule has 0 aromatic heterocycles. The number of carbonyl (C=O) groups excluding carboxylic acids is 2. The highest BCUT2D eigenvalue weighted by molar-refractivity contribution is 5.87. The fourth-order valence-electron chi connectivity index (χ4n) is 6.25. The molecule has 3 aliphatic rings. The van der Waals surface area contributed by atoms with Gasteiger partial charge in [0.15, 0.2) is 0 Å². The molecule has 0 saturated heterocycles. The van der Waals surface area contributed by atoms with Crippen LogP contribution in [0.3, 0.4) is 0 Å². The van der Waals surface area contributed by atoms with E-state index in [-0.39, 0.29) is 41.0 Å². The number of rotatable bonds is 1. The van der Waals surface area contributed by atoms with Crippen molar-refractivity contribution in [3.05, 3.63) is 0 Å². The van der Waals surface area contributed by atoms with Gasteiger partial charge in [0.2, 0.25) is 0 Å². The van der Waals surface area contributed by atoms with Crippen molar-refractivity contribution in [2.75, 3.05) is 0 Å². The first-order chi connectivity index (χ1) is 9.53. The lowest BCUT2D eigenvalue weighted by atomic mass is 9.58. The van der Waals surface area contributed by atoms with Gasteiger partial charge >= 0.3 is 5.97 Å². The van der Waals surface area contributed by atoms with Crippen molar-refractivity contribution in [2.24, 2.45) is 28.6 Å². The van der Waals surface area contributed by atoms with Gasteiger partial charge in [-0.05, 0) is 24.2 Å². The number of ether oxygens (including phenoxy) is 1. The molecule has 0 radical (unpaired) electrons. The van der Waals surface area contributed by atoms with Gasteiger partial charge in [-0.25, -0.2) is 0 Å². The lowest BCUT2D eigenvalue weighted by Crippen LogP contribution is -2.60. The maximum atomic E-state index is 12.5. The summed E-state index contributed by atoms with van der Waals surface area (Å²) >= 11 is 0. The minimum absolute atomic E-state index is 0.0545. The molecule has 4 nitrogen and oxygen atoms in total. The van der Waals surface area contributed by atoms with Crippen LogP contribution in [0.15, 0.2) is 0 Å². The standard InChI is InChI=1S/C17H26O4/c1-9-6-12(21-10(2)18)14-15(3,4)8-16(5)7-11(19)13(9)17(14,16)20/h9,12-14,20H,6-8H2,1-5H3/t9-,12+,13?,14?,16+,17-/m1/s1. The van der Waals surface area contributed by atoms with Crippen molar-refractivity contribution >= 4 is 11.8 Å². The van der Waals surface area contributed by atoms with Crippen LogP contribution in [0.1, 0.15) is 53.9 Å². The molecule has 6 atom stereocenters. The highest BCUT2D eigenvalue weighted by Gasteiger charge is 2.76. The van der Waals surface area contributed by atoms with Crippen LogP contribution in [0.5, 0.6) is 0 Å². The molecule has 118 valence electrons. The zero-order chi connectivity index (χ0) is 15.8. The van der Waals surface area contributed by atoms with E-state index in [9.17, 15) is 14.7 Å². The molecular formula is C17H26O4. The van der Waals surface area contributed by atoms with Crippen LogP contribution in [0.2, 0.25) is 0 Å². The van der Waals surface area contributed by atoms with Crippen molar-refractivity contribution in [1.82, 2.24) is 0 Å². The van der Waals surface area contributed by atoms with E-state index < -0.39 is 11.0 Å². The molecule has 0 spiro atoms. The summed E-state index contributed by atoms with van der Waals surface area (Å²) < 4.78 is 5.57. The fraction of sp³-hybridized carbons (Fsp3) is 0.882. The Morgan fingerprint density at radius 2 is 1.95 bits per heavy atom. The minimum atomic E-state index is -1.04. The SMILES string of the molecule is CC(=O)O[C@H]1C[C@@H](C)C2C(=O)C[C@@]3(C)CC(C)(C)C1[C@]23O. The number of aliphatic hydroxyl groups is 1. The summed E-state index contributed by atoms with van der Waals surface area (Å²) in [6, 6.07) is 0. The van der Waals surface area contributed by atoms with E-state index in [1.165, 1.54) is 6.92 Å². The van der Waals surface area contributed by atoms with Crippen molar-refractivity contribution in [1.29, 1.82) is 0 Å². The number of hydrogen-bond acceptors (Lipinski definition) is 4. The smallest absolute Gasteiger partial charge is 0.302 e. The van der Waals surface area contributed by atoms with Crippen LogP contribution < -0.4 is 0 Å². The van der Waals surface area contributed by atoms with Crippen LogP contribution in [0.25, 0.3) is 0 Å². The Bertz CT molecular complexity index is 511. The molecule has 1 N–H and O–H groups in total. The largest absolute Gasteiger partial charge is 0.462 e. The van der Waals surface area contributed by atoms with Gasteiger partial charge in [0.05, 0.1) is 11.5 Å². The van der Waals surface area contributed by atoms with Gasteiger partial charge in [-0.15, -0.1) is 0 Å². The topological polar surface area (TPSA) is 63.6 Å². The van der Waals surface area contributed by atoms with Crippen LogP contribution in [0, 0.1) is 28.6 Å². The van der Waals surface area contributed by atoms with E-state index in [4.69, 9.17) is 4.74 Å². The molecule has 0 heterocycles. The lowest BCUT2D eigenvalue weighted by molar-refractivity contribution is -0.195. The summed E-state index contributed by atoms with van der Waals surface area (Å²) in [6.07, 6.45) is 1.63. The van der Waals surface area contributed by atoms with Gasteiger partial charge in [0.25, 0.3) is 0 Å². The molecule has 0 aromatic carbocycles. The molecule has 0 bridgehead atoms. The van der Waals surface area contributed by atoms with Crippen molar-refractivity contribution in [3.8, 4) is 0 Å². The zero-order valence-corrected chi connectivity index (χ0v) is 13.6. The number of esters is 1. The molecule has 3 saturated carbocycles. The average Bonchev–Trinajstić information content (AvgIpc) is 2.51. The molecule has 3 aliphatic carbocycles. The Kier molecular flexibility index (Phi) is 2.93. The van der Waals surface area contributed by atoms with Gasteiger partial charge in [0.1, 0.15) is 11.9 Å². The molecule has 4 heteroatoms. The van der Waals surface area contributed by atoms with E-state index in [2.05, 4.69) is 13.8 Å². The maximum Gasteiger partial charge on any atom is 0.302 e. The van der Waals surface area contributed by atoms with E-state index in [0.29, 0.717) is 12.8 Å². The summed E-state index contributed by atoms with van der Waals surface area (Å²) in [5.74, 6) is -0.524. The van der Waals surface area contributed by atoms with Crippen molar-refractivity contribution in [2.45, 2.75) is 65.6 Å². The predicted octanol–water partition coefficient (Wildman–Crippen LogP) is 2.33. The highest BCUT2D eigenvalue weighted by atomic mass is 16.5. The molecule has 2 unspecified atom stereocenters. The molecule has 0 amide bonds. The van der Waals surface area contributed by atoms with E-state index >= 15 is 0 Å². The van der Waals surface area contributed by atoms with Crippen LogP contribution in [0.4, 0.5) is 0 Å². The Hall–Kier alpha value is -0.900. The van der Waals surface area contributed by atoms with Crippen molar-refractivity contribution in [3.63, 3.8) is 0 Å². The van der Waals surface area contributed by atoms with Crippen molar-refractivity contribution < 1.29 is 19.4 Å². The van der Waals surface area contributed by atoms with Gasteiger partial charge in [-0.1, -0.05) is 27.7 Å². The highest BCUT2D eigenvalue weighted by Crippen LogP contribution is 2.71. The predicted molar refractivity (Wildman–Crippen MR) is 77.4 cm³/mol. The normalized spacial score (nSPS) is 50.9. The third-order valence-corrected chi connectivity index (χ3v) is 6.38. The molecular weight excluding hydrogens is 268 g/mol. The summed E-state index contributed by atoms with van der Waals surface area (Å²) in [6.45, 7) is 9.72. The monoisotopic (exact) mass is 294 g/mol. The Balaban J connectivity index is 2.12. The second-order valence-corrected chi connectivity index (χ2v) is 8.51. The summed E-state index contributed by atoms with van der Waals surface area (Å²) in [5, 5.41) is 11.6. The second-order valence-electron chi connectivity index (χ2n) is 8.51. The van der Waals surface area contributed by atoms with E-state index in [0.717, 1.165) is 6.42 Å². The number of hydrogen-bond donors (Lipinski definition) is 1. The second kappa shape index (κ2) is 4.09. The van der Waals surface area contributed by atoms with Crippen LogP contribution >= 0.6 is 0 Å². The summed E-state index contributed by atoms with van der Waals surface area (Å²) in [7, 11) is 0. The Morgan fingerprint density at radius 3 is 2.52 bits per heavy atom. The molecule has 0 aromatic rings. The first kappa shape index (κ1) is 15.0. The van der Waals surface area contributed by atoms with Crippen LogP contribution in [-0.4, -0.2) is 28.6 Å². The maximum absolute atomic E-state index is 12.5. The van der Waals surface area contributed by atoms with E-state index in [1.807, 2.05) is 13.8 Å². The molecule has 3 rings (SSSR count). The average molecular weight is 294 g/mol.